The summed E-state index contributed by atoms with van der Waals surface area (Å²) in [7, 11) is 1.89. The van der Waals surface area contributed by atoms with Crippen molar-refractivity contribution in [2.24, 2.45) is 0 Å². The van der Waals surface area contributed by atoms with Crippen LogP contribution in [-0.4, -0.2) is 19.6 Å². The maximum Gasteiger partial charge on any atom is 0.146 e. The van der Waals surface area contributed by atoms with Gasteiger partial charge in [0.05, 0.1) is 5.69 Å². The molecule has 1 aliphatic rings. The van der Waals surface area contributed by atoms with E-state index < -0.39 is 0 Å². The number of hydrogen-bond donors (Lipinski definition) is 1. The Labute approximate surface area is 103 Å². The van der Waals surface area contributed by atoms with Crippen LogP contribution in [0.25, 0.3) is 0 Å². The van der Waals surface area contributed by atoms with Gasteiger partial charge in [0.1, 0.15) is 5.82 Å². The average molecular weight is 236 g/mol. The Morgan fingerprint density at radius 3 is 2.65 bits per heavy atom. The van der Waals surface area contributed by atoms with Gasteiger partial charge in [-0.25, -0.2) is 4.39 Å². The van der Waals surface area contributed by atoms with E-state index >= 15 is 0 Å². The number of anilines is 1. The van der Waals surface area contributed by atoms with Crippen LogP contribution < -0.4 is 10.2 Å². The van der Waals surface area contributed by atoms with Crippen molar-refractivity contribution in [2.45, 2.75) is 38.8 Å². The second-order valence-corrected chi connectivity index (χ2v) is 4.74. The highest BCUT2D eigenvalue weighted by molar-refractivity contribution is 5.51. The molecule has 0 bridgehead atoms. The van der Waals surface area contributed by atoms with Crippen molar-refractivity contribution in [1.82, 2.24) is 5.32 Å². The van der Waals surface area contributed by atoms with Gasteiger partial charge in [-0.2, -0.15) is 0 Å². The van der Waals surface area contributed by atoms with Crippen LogP contribution >= 0.6 is 0 Å². The maximum atomic E-state index is 14.1. The third kappa shape index (κ3) is 2.60. The van der Waals surface area contributed by atoms with Crippen LogP contribution in [0.5, 0.6) is 0 Å². The van der Waals surface area contributed by atoms with E-state index in [9.17, 15) is 4.39 Å². The molecule has 2 nitrogen and oxygen atoms in total. The number of benzene rings is 1. The third-order valence-corrected chi connectivity index (χ3v) is 3.54. The van der Waals surface area contributed by atoms with Gasteiger partial charge >= 0.3 is 0 Å². The summed E-state index contributed by atoms with van der Waals surface area (Å²) in [5.74, 6) is -0.0987. The second-order valence-electron chi connectivity index (χ2n) is 4.74. The van der Waals surface area contributed by atoms with E-state index in [0.29, 0.717) is 6.04 Å². The Morgan fingerprint density at radius 2 is 2.18 bits per heavy atom. The van der Waals surface area contributed by atoms with Gasteiger partial charge in [-0.1, -0.05) is 6.07 Å². The number of rotatable bonds is 5. The van der Waals surface area contributed by atoms with Crippen molar-refractivity contribution < 1.29 is 4.39 Å². The van der Waals surface area contributed by atoms with Crippen LogP contribution in [0.15, 0.2) is 18.2 Å². The summed E-state index contributed by atoms with van der Waals surface area (Å²) in [5.41, 5.74) is 1.75. The van der Waals surface area contributed by atoms with Gasteiger partial charge in [-0.3, -0.25) is 0 Å². The van der Waals surface area contributed by atoms with Crippen molar-refractivity contribution in [3.8, 4) is 0 Å². The smallest absolute Gasteiger partial charge is 0.146 e. The molecule has 1 aromatic carbocycles. The number of halogens is 1. The molecule has 0 radical (unpaired) electrons. The predicted molar refractivity (Wildman–Crippen MR) is 69.9 cm³/mol. The largest absolute Gasteiger partial charge is 0.366 e. The first-order chi connectivity index (χ1) is 8.17. The molecule has 3 heteroatoms. The van der Waals surface area contributed by atoms with E-state index in [-0.39, 0.29) is 11.9 Å². The van der Waals surface area contributed by atoms with Crippen LogP contribution in [0.4, 0.5) is 10.1 Å². The van der Waals surface area contributed by atoms with Crippen LogP contribution in [0.3, 0.4) is 0 Å². The van der Waals surface area contributed by atoms with E-state index in [1.807, 2.05) is 26.1 Å². The molecule has 2 rings (SSSR count). The molecular formula is C14H21FN2. The Kier molecular flexibility index (Phi) is 3.67. The summed E-state index contributed by atoms with van der Waals surface area (Å²) in [6.45, 7) is 5.00. The van der Waals surface area contributed by atoms with Crippen LogP contribution in [-0.2, 0) is 0 Å². The van der Waals surface area contributed by atoms with Gasteiger partial charge in [0.15, 0.2) is 0 Å². The van der Waals surface area contributed by atoms with E-state index in [4.69, 9.17) is 0 Å². The minimum Gasteiger partial charge on any atom is -0.366 e. The first-order valence-corrected chi connectivity index (χ1v) is 6.40. The Balaban J connectivity index is 2.24. The molecule has 1 fully saturated rings. The molecule has 17 heavy (non-hydrogen) atoms. The number of nitrogens with one attached hydrogen (secondary N) is 1. The summed E-state index contributed by atoms with van der Waals surface area (Å²) in [6, 6.07) is 6.34. The number of hydrogen-bond acceptors (Lipinski definition) is 2. The first-order valence-electron chi connectivity index (χ1n) is 6.40. The van der Waals surface area contributed by atoms with Crippen LogP contribution in [0.1, 0.15) is 38.3 Å². The molecule has 1 atom stereocenters. The third-order valence-electron chi connectivity index (χ3n) is 3.54. The molecule has 1 unspecified atom stereocenters. The van der Waals surface area contributed by atoms with Gasteiger partial charge < -0.3 is 10.2 Å². The molecule has 0 spiro atoms. The summed E-state index contributed by atoms with van der Waals surface area (Å²) in [4.78, 5) is 2.17. The van der Waals surface area contributed by atoms with E-state index in [2.05, 4.69) is 17.1 Å². The molecule has 1 aromatic rings. The first kappa shape index (κ1) is 12.4. The minimum absolute atomic E-state index is 0.0987. The molecule has 0 saturated heterocycles. The van der Waals surface area contributed by atoms with E-state index in [1.165, 1.54) is 12.8 Å². The standard InChI is InChI=1S/C14H21FN2/c1-4-17(12-6-7-12)14-8-5-11(9-13(14)15)10(2)16-3/h5,8-10,12,16H,4,6-7H2,1-3H3. The quantitative estimate of drug-likeness (QED) is 0.845. The zero-order valence-corrected chi connectivity index (χ0v) is 10.8. The van der Waals surface area contributed by atoms with E-state index in [1.54, 1.807) is 6.07 Å². The predicted octanol–water partition coefficient (Wildman–Crippen LogP) is 3.09. The highest BCUT2D eigenvalue weighted by atomic mass is 19.1. The Hall–Kier alpha value is -1.09. The van der Waals surface area contributed by atoms with Crippen molar-refractivity contribution in [1.29, 1.82) is 0 Å². The van der Waals surface area contributed by atoms with Crippen molar-refractivity contribution in [3.63, 3.8) is 0 Å². The summed E-state index contributed by atoms with van der Waals surface area (Å²) in [5, 5.41) is 3.13. The molecule has 1 N–H and O–H groups in total. The fraction of sp³-hybridized carbons (Fsp3) is 0.571. The Morgan fingerprint density at radius 1 is 1.47 bits per heavy atom. The topological polar surface area (TPSA) is 15.3 Å². The SMILES string of the molecule is CCN(c1ccc(C(C)NC)cc1F)C1CC1. The Bertz CT molecular complexity index is 388. The van der Waals surface area contributed by atoms with Gasteiger partial charge in [0, 0.05) is 18.6 Å². The molecule has 0 aromatic heterocycles. The second kappa shape index (κ2) is 5.05. The molecule has 0 aliphatic heterocycles. The van der Waals surface area contributed by atoms with Crippen LogP contribution in [0, 0.1) is 5.82 Å². The zero-order chi connectivity index (χ0) is 12.4. The lowest BCUT2D eigenvalue weighted by Gasteiger charge is -2.24. The monoisotopic (exact) mass is 236 g/mol. The minimum atomic E-state index is -0.0987. The molecule has 1 aliphatic carbocycles. The molecular weight excluding hydrogens is 215 g/mol. The summed E-state index contributed by atoms with van der Waals surface area (Å²) < 4.78 is 14.1. The lowest BCUT2D eigenvalue weighted by molar-refractivity contribution is 0.601. The van der Waals surface area contributed by atoms with E-state index in [0.717, 1.165) is 17.8 Å². The van der Waals surface area contributed by atoms with Crippen LogP contribution in [0.2, 0.25) is 0 Å². The zero-order valence-electron chi connectivity index (χ0n) is 10.8. The lowest BCUT2D eigenvalue weighted by atomic mass is 10.1. The molecule has 1 saturated carbocycles. The van der Waals surface area contributed by atoms with Gasteiger partial charge in [-0.05, 0) is 51.4 Å². The lowest BCUT2D eigenvalue weighted by Crippen LogP contribution is -2.26. The highest BCUT2D eigenvalue weighted by Gasteiger charge is 2.29. The summed E-state index contributed by atoms with van der Waals surface area (Å²) in [6.07, 6.45) is 2.39. The van der Waals surface area contributed by atoms with Gasteiger partial charge in [0.25, 0.3) is 0 Å². The van der Waals surface area contributed by atoms with Gasteiger partial charge in [0.2, 0.25) is 0 Å². The molecule has 0 heterocycles. The molecule has 0 amide bonds. The normalized spacial score (nSPS) is 16.9. The van der Waals surface area contributed by atoms with Crippen molar-refractivity contribution in [3.05, 3.63) is 29.6 Å². The highest BCUT2D eigenvalue weighted by Crippen LogP contribution is 2.33. The van der Waals surface area contributed by atoms with Gasteiger partial charge in [-0.15, -0.1) is 0 Å². The maximum absolute atomic E-state index is 14.1. The molecule has 94 valence electrons. The fourth-order valence-corrected chi connectivity index (χ4v) is 2.20. The summed E-state index contributed by atoms with van der Waals surface area (Å²) >= 11 is 0. The fourth-order valence-electron chi connectivity index (χ4n) is 2.20. The van der Waals surface area contributed by atoms with Crippen molar-refractivity contribution in [2.75, 3.05) is 18.5 Å². The van der Waals surface area contributed by atoms with Crippen molar-refractivity contribution >= 4 is 5.69 Å². The number of nitrogens with zero attached hydrogens (tertiary/aromatic N) is 1. The average Bonchev–Trinajstić information content (AvgIpc) is 3.15.